The Hall–Kier alpha value is -2.08. The summed E-state index contributed by atoms with van der Waals surface area (Å²) in [4.78, 5) is 16.1. The summed E-state index contributed by atoms with van der Waals surface area (Å²) in [5.41, 5.74) is 7.09. The van der Waals surface area contributed by atoms with Crippen molar-refractivity contribution in [2.45, 2.75) is 6.61 Å². The van der Waals surface area contributed by atoms with E-state index >= 15 is 0 Å². The first-order valence-corrected chi connectivity index (χ1v) is 6.61. The Labute approximate surface area is 124 Å². The van der Waals surface area contributed by atoms with Crippen molar-refractivity contribution in [2.24, 2.45) is 0 Å². The number of hydrogen-bond acceptors (Lipinski definition) is 5. The average molecular weight is 337 g/mol. The molecule has 0 atom stereocenters. The Morgan fingerprint density at radius 1 is 1.35 bits per heavy atom. The lowest BCUT2D eigenvalue weighted by Gasteiger charge is -2.10. The summed E-state index contributed by atoms with van der Waals surface area (Å²) < 4.78 is 11.2. The number of ether oxygens (including phenoxy) is 2. The van der Waals surface area contributed by atoms with Crippen molar-refractivity contribution >= 4 is 27.6 Å². The minimum Gasteiger partial charge on any atom is -0.494 e. The number of nitrogens with zero attached hydrogens (tertiary/aromatic N) is 1. The molecule has 2 rings (SSSR count). The molecule has 0 bridgehead atoms. The van der Waals surface area contributed by atoms with Crippen LogP contribution in [0.15, 0.2) is 41.0 Å². The molecule has 0 amide bonds. The average Bonchev–Trinajstić information content (AvgIpc) is 2.46. The van der Waals surface area contributed by atoms with Crippen LogP contribution in [0.5, 0.6) is 5.75 Å². The van der Waals surface area contributed by atoms with E-state index in [4.69, 9.17) is 15.2 Å². The maximum absolute atomic E-state index is 12.0. The van der Waals surface area contributed by atoms with Crippen LogP contribution in [0.25, 0.3) is 0 Å². The molecule has 0 aliphatic rings. The number of carbonyl (C=O) groups excluding carboxylic acids is 1. The van der Waals surface area contributed by atoms with Crippen molar-refractivity contribution in [3.8, 4) is 5.75 Å². The molecule has 5 nitrogen and oxygen atoms in total. The molecule has 0 unspecified atom stereocenters. The fourth-order valence-electron chi connectivity index (χ4n) is 1.65. The number of methoxy groups -OCH3 is 1. The van der Waals surface area contributed by atoms with Crippen LogP contribution in [-0.4, -0.2) is 18.1 Å². The molecule has 0 aliphatic heterocycles. The van der Waals surface area contributed by atoms with E-state index in [1.807, 2.05) is 6.07 Å². The molecule has 1 aromatic heterocycles. The Bertz CT molecular complexity index is 614. The number of hydrogen-bond donors (Lipinski definition) is 1. The Morgan fingerprint density at radius 2 is 2.15 bits per heavy atom. The van der Waals surface area contributed by atoms with E-state index in [0.29, 0.717) is 22.7 Å². The molecule has 20 heavy (non-hydrogen) atoms. The topological polar surface area (TPSA) is 74.4 Å². The quantitative estimate of drug-likeness (QED) is 0.686. The second-order valence-electron chi connectivity index (χ2n) is 3.97. The molecule has 0 spiro atoms. The number of nitrogens with two attached hydrogens (primary N) is 1. The van der Waals surface area contributed by atoms with E-state index in [9.17, 15) is 4.79 Å². The van der Waals surface area contributed by atoms with Crippen LogP contribution in [0.4, 0.5) is 5.69 Å². The monoisotopic (exact) mass is 336 g/mol. The first-order chi connectivity index (χ1) is 9.61. The Balaban J connectivity index is 2.09. The standard InChI is InChI=1S/C14H13BrN2O3/c1-19-13-11(3-2-4-12(13)16)14(18)20-8-10-6-5-9(15)7-17-10/h2-7H,8,16H2,1H3. The largest absolute Gasteiger partial charge is 0.494 e. The summed E-state index contributed by atoms with van der Waals surface area (Å²) in [6.07, 6.45) is 1.64. The van der Waals surface area contributed by atoms with Gasteiger partial charge in [-0.15, -0.1) is 0 Å². The first-order valence-electron chi connectivity index (χ1n) is 5.82. The Morgan fingerprint density at radius 3 is 2.80 bits per heavy atom. The van der Waals surface area contributed by atoms with Crippen LogP contribution in [-0.2, 0) is 11.3 Å². The maximum atomic E-state index is 12.0. The molecule has 0 aliphatic carbocycles. The molecule has 0 saturated heterocycles. The summed E-state index contributed by atoms with van der Waals surface area (Å²) in [6.45, 7) is 0.0874. The number of para-hydroxylation sites is 1. The molecular formula is C14H13BrN2O3. The number of pyridine rings is 1. The van der Waals surface area contributed by atoms with Crippen LogP contribution in [0.3, 0.4) is 0 Å². The molecule has 2 N–H and O–H groups in total. The zero-order chi connectivity index (χ0) is 14.5. The van der Waals surface area contributed by atoms with Gasteiger partial charge in [0.25, 0.3) is 0 Å². The Kier molecular flexibility index (Phi) is 4.57. The molecular weight excluding hydrogens is 324 g/mol. The number of rotatable bonds is 4. The van der Waals surface area contributed by atoms with Crippen molar-refractivity contribution in [3.63, 3.8) is 0 Å². The highest BCUT2D eigenvalue weighted by atomic mass is 79.9. The van der Waals surface area contributed by atoms with Crippen LogP contribution < -0.4 is 10.5 Å². The van der Waals surface area contributed by atoms with Gasteiger partial charge in [-0.25, -0.2) is 4.79 Å². The summed E-state index contributed by atoms with van der Waals surface area (Å²) >= 11 is 3.29. The van der Waals surface area contributed by atoms with Crippen LogP contribution >= 0.6 is 15.9 Å². The normalized spacial score (nSPS) is 10.1. The molecule has 1 aromatic carbocycles. The maximum Gasteiger partial charge on any atom is 0.342 e. The van der Waals surface area contributed by atoms with Crippen molar-refractivity contribution in [3.05, 3.63) is 52.3 Å². The highest BCUT2D eigenvalue weighted by molar-refractivity contribution is 9.10. The molecule has 1 heterocycles. The van der Waals surface area contributed by atoms with Gasteiger partial charge < -0.3 is 15.2 Å². The third kappa shape index (κ3) is 3.27. The lowest BCUT2D eigenvalue weighted by molar-refractivity contribution is 0.0464. The molecule has 0 radical (unpaired) electrons. The minimum absolute atomic E-state index is 0.0874. The molecule has 104 valence electrons. The third-order valence-electron chi connectivity index (χ3n) is 2.61. The van der Waals surface area contributed by atoms with E-state index in [-0.39, 0.29) is 6.61 Å². The third-order valence-corrected chi connectivity index (χ3v) is 3.08. The zero-order valence-corrected chi connectivity index (χ0v) is 12.4. The van der Waals surface area contributed by atoms with Crippen LogP contribution in [0.2, 0.25) is 0 Å². The summed E-state index contributed by atoms with van der Waals surface area (Å²) in [6, 6.07) is 8.54. The highest BCUT2D eigenvalue weighted by Crippen LogP contribution is 2.26. The molecule has 0 fully saturated rings. The lowest BCUT2D eigenvalue weighted by Crippen LogP contribution is -2.09. The van der Waals surface area contributed by atoms with Crippen LogP contribution in [0, 0.1) is 0 Å². The van der Waals surface area contributed by atoms with Crippen molar-refractivity contribution in [1.29, 1.82) is 0 Å². The van der Waals surface area contributed by atoms with E-state index < -0.39 is 5.97 Å². The second kappa shape index (κ2) is 6.38. The predicted octanol–water partition coefficient (Wildman–Crippen LogP) is 2.79. The van der Waals surface area contributed by atoms with Crippen molar-refractivity contribution in [1.82, 2.24) is 4.98 Å². The molecule has 0 saturated carbocycles. The van der Waals surface area contributed by atoms with E-state index in [2.05, 4.69) is 20.9 Å². The molecule has 2 aromatic rings. The number of aromatic nitrogens is 1. The lowest BCUT2D eigenvalue weighted by atomic mass is 10.2. The smallest absolute Gasteiger partial charge is 0.342 e. The number of esters is 1. The van der Waals surface area contributed by atoms with Gasteiger partial charge in [-0.3, -0.25) is 4.98 Å². The number of anilines is 1. The number of benzene rings is 1. The van der Waals surface area contributed by atoms with Crippen molar-refractivity contribution < 1.29 is 14.3 Å². The fourth-order valence-corrected chi connectivity index (χ4v) is 1.89. The van der Waals surface area contributed by atoms with Gasteiger partial charge in [-0.1, -0.05) is 6.07 Å². The zero-order valence-electron chi connectivity index (χ0n) is 10.8. The number of carbonyl (C=O) groups is 1. The summed E-state index contributed by atoms with van der Waals surface area (Å²) in [5.74, 6) is -0.180. The predicted molar refractivity (Wildman–Crippen MR) is 78.5 cm³/mol. The van der Waals surface area contributed by atoms with Gasteiger partial charge in [0.2, 0.25) is 0 Å². The second-order valence-corrected chi connectivity index (χ2v) is 4.89. The van der Waals surface area contributed by atoms with E-state index in [1.165, 1.54) is 7.11 Å². The van der Waals surface area contributed by atoms with Gasteiger partial charge >= 0.3 is 5.97 Å². The van der Waals surface area contributed by atoms with Gasteiger partial charge in [0.05, 0.1) is 18.5 Å². The first kappa shape index (κ1) is 14.3. The minimum atomic E-state index is -0.501. The van der Waals surface area contributed by atoms with Gasteiger partial charge in [0.15, 0.2) is 5.75 Å². The summed E-state index contributed by atoms with van der Waals surface area (Å²) in [7, 11) is 1.46. The number of nitrogen functional groups attached to an aromatic ring is 1. The van der Waals surface area contributed by atoms with Crippen LogP contribution in [0.1, 0.15) is 16.1 Å². The van der Waals surface area contributed by atoms with Gasteiger partial charge in [-0.2, -0.15) is 0 Å². The van der Waals surface area contributed by atoms with Gasteiger partial charge in [0, 0.05) is 10.7 Å². The molecule has 6 heteroatoms. The van der Waals surface area contributed by atoms with E-state index in [0.717, 1.165) is 4.47 Å². The summed E-state index contributed by atoms with van der Waals surface area (Å²) in [5, 5.41) is 0. The highest BCUT2D eigenvalue weighted by Gasteiger charge is 2.15. The fraction of sp³-hybridized carbons (Fsp3) is 0.143. The number of halogens is 1. The van der Waals surface area contributed by atoms with E-state index in [1.54, 1.807) is 30.5 Å². The van der Waals surface area contributed by atoms with Gasteiger partial charge in [-0.05, 0) is 40.2 Å². The van der Waals surface area contributed by atoms with Crippen molar-refractivity contribution in [2.75, 3.05) is 12.8 Å². The SMILES string of the molecule is COc1c(N)cccc1C(=O)OCc1ccc(Br)cn1. The van der Waals surface area contributed by atoms with Gasteiger partial charge in [0.1, 0.15) is 12.2 Å².